The molecule has 0 aliphatic carbocycles. The summed E-state index contributed by atoms with van der Waals surface area (Å²) in [5.74, 6) is -0.278. The Kier molecular flexibility index (Phi) is 4.55. The van der Waals surface area contributed by atoms with E-state index in [0.29, 0.717) is 31.9 Å². The number of piperidine rings is 1. The molecule has 0 bridgehead atoms. The predicted molar refractivity (Wildman–Crippen MR) is 98.9 cm³/mol. The zero-order chi connectivity index (χ0) is 19.0. The van der Waals surface area contributed by atoms with E-state index < -0.39 is 0 Å². The van der Waals surface area contributed by atoms with Crippen LogP contribution in [0.3, 0.4) is 0 Å². The fourth-order valence-corrected chi connectivity index (χ4v) is 3.82. The molecule has 1 fully saturated rings. The Balaban J connectivity index is 1.55. The molecule has 1 atom stereocenters. The summed E-state index contributed by atoms with van der Waals surface area (Å²) in [6.07, 6.45) is 2.60. The highest BCUT2D eigenvalue weighted by Gasteiger charge is 2.29. The number of rotatable bonds is 2. The summed E-state index contributed by atoms with van der Waals surface area (Å²) < 4.78 is 1.77. The van der Waals surface area contributed by atoms with E-state index in [0.717, 1.165) is 30.7 Å². The SMILES string of the molecule is Cc1ccc(C(=O)N2CCCC(c3cc4n(n3)CCCNC4=O)C2)c(=O)[nH]1. The van der Waals surface area contributed by atoms with Crippen molar-refractivity contribution in [2.24, 2.45) is 0 Å². The van der Waals surface area contributed by atoms with Crippen LogP contribution in [0.4, 0.5) is 0 Å². The van der Waals surface area contributed by atoms with Gasteiger partial charge in [-0.2, -0.15) is 5.10 Å². The molecule has 2 amide bonds. The monoisotopic (exact) mass is 369 g/mol. The fourth-order valence-electron chi connectivity index (χ4n) is 3.82. The zero-order valence-electron chi connectivity index (χ0n) is 15.3. The van der Waals surface area contributed by atoms with Crippen molar-refractivity contribution in [2.75, 3.05) is 19.6 Å². The maximum Gasteiger partial charge on any atom is 0.269 e. The van der Waals surface area contributed by atoms with Crippen molar-refractivity contribution in [2.45, 2.75) is 38.6 Å². The number of hydrogen-bond donors (Lipinski definition) is 2. The van der Waals surface area contributed by atoms with Gasteiger partial charge in [-0.3, -0.25) is 19.1 Å². The van der Waals surface area contributed by atoms with Gasteiger partial charge in [0.2, 0.25) is 0 Å². The molecule has 2 aromatic rings. The van der Waals surface area contributed by atoms with Gasteiger partial charge in [0.05, 0.1) is 5.69 Å². The summed E-state index contributed by atoms with van der Waals surface area (Å²) >= 11 is 0. The summed E-state index contributed by atoms with van der Waals surface area (Å²) in [4.78, 5) is 41.5. The Bertz CT molecular complexity index is 945. The minimum absolute atomic E-state index is 0.0689. The van der Waals surface area contributed by atoms with Crippen LogP contribution in [0.1, 0.15) is 57.4 Å². The number of hydrogen-bond acceptors (Lipinski definition) is 4. The summed E-state index contributed by atoms with van der Waals surface area (Å²) in [5.41, 5.74) is 1.97. The van der Waals surface area contributed by atoms with E-state index in [4.69, 9.17) is 0 Å². The lowest BCUT2D eigenvalue weighted by Gasteiger charge is -2.31. The second-order valence-corrected chi connectivity index (χ2v) is 7.26. The van der Waals surface area contributed by atoms with Crippen molar-refractivity contribution in [3.8, 4) is 0 Å². The lowest BCUT2D eigenvalue weighted by molar-refractivity contribution is 0.0703. The van der Waals surface area contributed by atoms with Gasteiger partial charge >= 0.3 is 0 Å². The standard InChI is InChI=1S/C19H23N5O3/c1-12-5-6-14(17(25)21-12)19(27)23-8-2-4-13(11-23)15-10-16-18(26)20-7-3-9-24(16)22-15/h5-6,10,13H,2-4,7-9,11H2,1H3,(H,20,26)(H,21,25). The van der Waals surface area contributed by atoms with Gasteiger partial charge in [0.25, 0.3) is 17.4 Å². The van der Waals surface area contributed by atoms with E-state index in [2.05, 4.69) is 15.4 Å². The summed E-state index contributed by atoms with van der Waals surface area (Å²) in [5, 5.41) is 7.50. The van der Waals surface area contributed by atoms with Crippen LogP contribution >= 0.6 is 0 Å². The lowest BCUT2D eigenvalue weighted by atomic mass is 9.94. The molecular weight excluding hydrogens is 346 g/mol. The molecule has 4 rings (SSSR count). The van der Waals surface area contributed by atoms with Gasteiger partial charge in [0.15, 0.2) is 0 Å². The van der Waals surface area contributed by atoms with Gasteiger partial charge in [-0.15, -0.1) is 0 Å². The molecule has 8 nitrogen and oxygen atoms in total. The van der Waals surface area contributed by atoms with Crippen LogP contribution < -0.4 is 10.9 Å². The second kappa shape index (κ2) is 7.02. The molecule has 2 N–H and O–H groups in total. The van der Waals surface area contributed by atoms with Crippen molar-refractivity contribution in [3.05, 3.63) is 51.2 Å². The third-order valence-corrected chi connectivity index (χ3v) is 5.28. The molecule has 1 saturated heterocycles. The molecule has 0 spiro atoms. The van der Waals surface area contributed by atoms with Gasteiger partial charge in [-0.1, -0.05) is 0 Å². The third kappa shape index (κ3) is 3.39. The van der Waals surface area contributed by atoms with Crippen molar-refractivity contribution < 1.29 is 9.59 Å². The highest BCUT2D eigenvalue weighted by Crippen LogP contribution is 2.27. The maximum atomic E-state index is 12.8. The van der Waals surface area contributed by atoms with Crippen molar-refractivity contribution in [3.63, 3.8) is 0 Å². The number of H-pyrrole nitrogens is 1. The summed E-state index contributed by atoms with van der Waals surface area (Å²) in [6, 6.07) is 5.17. The van der Waals surface area contributed by atoms with Gasteiger partial charge in [0, 0.05) is 37.8 Å². The number of nitrogens with zero attached hydrogens (tertiary/aromatic N) is 3. The first-order chi connectivity index (χ1) is 13.0. The summed E-state index contributed by atoms with van der Waals surface area (Å²) in [7, 11) is 0. The third-order valence-electron chi connectivity index (χ3n) is 5.28. The molecule has 2 aromatic heterocycles. The van der Waals surface area contributed by atoms with Gasteiger partial charge in [-0.25, -0.2) is 0 Å². The van der Waals surface area contributed by atoms with Crippen LogP contribution in [-0.2, 0) is 6.54 Å². The largest absolute Gasteiger partial charge is 0.351 e. The van der Waals surface area contributed by atoms with Crippen LogP contribution in [0.5, 0.6) is 0 Å². The smallest absolute Gasteiger partial charge is 0.269 e. The molecule has 0 aromatic carbocycles. The van der Waals surface area contributed by atoms with Gasteiger partial charge in [-0.05, 0) is 44.4 Å². The minimum atomic E-state index is -0.354. The van der Waals surface area contributed by atoms with E-state index in [1.165, 1.54) is 0 Å². The highest BCUT2D eigenvalue weighted by atomic mass is 16.2. The highest BCUT2D eigenvalue weighted by molar-refractivity contribution is 5.94. The Morgan fingerprint density at radius 3 is 2.89 bits per heavy atom. The lowest BCUT2D eigenvalue weighted by Crippen LogP contribution is -2.41. The van der Waals surface area contributed by atoms with Gasteiger partial charge < -0.3 is 15.2 Å². The number of nitrogens with one attached hydrogen (secondary N) is 2. The molecule has 0 saturated carbocycles. The Labute approximate surface area is 156 Å². The molecule has 27 heavy (non-hydrogen) atoms. The van der Waals surface area contributed by atoms with Crippen molar-refractivity contribution >= 4 is 11.8 Å². The quantitative estimate of drug-likeness (QED) is 0.826. The molecule has 2 aliphatic heterocycles. The molecule has 2 aliphatic rings. The number of fused-ring (bicyclic) bond motifs is 1. The van der Waals surface area contributed by atoms with Crippen LogP contribution in [-0.4, -0.2) is 51.1 Å². The first-order valence-corrected chi connectivity index (χ1v) is 9.38. The van der Waals surface area contributed by atoms with E-state index in [1.807, 2.05) is 6.07 Å². The Morgan fingerprint density at radius 1 is 1.22 bits per heavy atom. The Hall–Kier alpha value is -2.90. The number of aryl methyl sites for hydroxylation is 2. The first kappa shape index (κ1) is 17.5. The topological polar surface area (TPSA) is 100 Å². The van der Waals surface area contributed by atoms with Crippen LogP contribution in [0.15, 0.2) is 23.0 Å². The average Bonchev–Trinajstić information content (AvgIpc) is 3.01. The predicted octanol–water partition coefficient (Wildman–Crippen LogP) is 1.03. The number of aromatic nitrogens is 3. The number of amides is 2. The maximum absolute atomic E-state index is 12.8. The van der Waals surface area contributed by atoms with E-state index >= 15 is 0 Å². The number of carbonyl (C=O) groups excluding carboxylic acids is 2. The molecule has 8 heteroatoms. The van der Waals surface area contributed by atoms with Crippen molar-refractivity contribution in [1.82, 2.24) is 25.0 Å². The van der Waals surface area contributed by atoms with Crippen LogP contribution in [0.25, 0.3) is 0 Å². The first-order valence-electron chi connectivity index (χ1n) is 9.38. The molecule has 4 heterocycles. The second-order valence-electron chi connectivity index (χ2n) is 7.26. The number of pyridine rings is 1. The summed E-state index contributed by atoms with van der Waals surface area (Å²) in [6.45, 7) is 4.28. The van der Waals surface area contributed by atoms with E-state index in [1.54, 1.807) is 28.6 Å². The number of carbonyl (C=O) groups is 2. The van der Waals surface area contributed by atoms with Crippen LogP contribution in [0.2, 0.25) is 0 Å². The van der Waals surface area contributed by atoms with E-state index in [9.17, 15) is 14.4 Å². The molecular formula is C19H23N5O3. The number of aromatic amines is 1. The minimum Gasteiger partial charge on any atom is -0.351 e. The van der Waals surface area contributed by atoms with Crippen molar-refractivity contribution in [1.29, 1.82) is 0 Å². The normalized spacial score (nSPS) is 20.0. The molecule has 142 valence electrons. The zero-order valence-corrected chi connectivity index (χ0v) is 15.3. The van der Waals surface area contributed by atoms with Gasteiger partial charge in [0.1, 0.15) is 11.3 Å². The molecule has 0 radical (unpaired) electrons. The average molecular weight is 369 g/mol. The van der Waals surface area contributed by atoms with E-state index in [-0.39, 0.29) is 28.9 Å². The fraction of sp³-hybridized carbons (Fsp3) is 0.474. The number of likely N-dealkylation sites (tertiary alicyclic amines) is 1. The Morgan fingerprint density at radius 2 is 2.07 bits per heavy atom. The van der Waals surface area contributed by atoms with Crippen LogP contribution in [0, 0.1) is 6.92 Å². The molecule has 1 unspecified atom stereocenters.